The molecule has 1 unspecified atom stereocenters. The van der Waals surface area contributed by atoms with E-state index < -0.39 is 29.7 Å². The quantitative estimate of drug-likeness (QED) is 0.536. The number of hydrogen-bond acceptors (Lipinski definition) is 5. The standard InChI is InChI=1S/C27H30N2O6/c1-27(16-10-11-16,14-23(30)28-22-12-13-34-24(22)25(31)32)29-26(33)35-15-21-19-8-4-2-6-17(19)18-7-3-5-9-20(18)21/h2-9,16,21-22,24H,10-15H2,1H3,(H,28,30)(H,29,33)(H,31,32)/t22-,24+,27?/m1/s1. The summed E-state index contributed by atoms with van der Waals surface area (Å²) in [7, 11) is 0. The SMILES string of the molecule is CC(CC(=O)N[C@@H]1CCO[C@@H]1C(=O)O)(NC(=O)OCC1c2ccccc2-c2ccccc21)C1CC1. The van der Waals surface area contributed by atoms with Crippen molar-refractivity contribution in [1.82, 2.24) is 10.6 Å². The maximum atomic E-state index is 12.9. The first-order valence-electron chi connectivity index (χ1n) is 12.1. The number of benzene rings is 2. The van der Waals surface area contributed by atoms with E-state index in [2.05, 4.69) is 34.9 Å². The highest BCUT2D eigenvalue weighted by Crippen LogP contribution is 2.45. The first-order valence-corrected chi connectivity index (χ1v) is 12.1. The minimum Gasteiger partial charge on any atom is -0.479 e. The highest BCUT2D eigenvalue weighted by molar-refractivity contribution is 5.81. The normalized spacial score (nSPS) is 22.5. The first-order chi connectivity index (χ1) is 16.9. The zero-order valence-electron chi connectivity index (χ0n) is 19.7. The van der Waals surface area contributed by atoms with Gasteiger partial charge in [0.05, 0.1) is 11.6 Å². The van der Waals surface area contributed by atoms with Gasteiger partial charge in [0.2, 0.25) is 5.91 Å². The maximum Gasteiger partial charge on any atom is 0.407 e. The highest BCUT2D eigenvalue weighted by atomic mass is 16.5. The topological polar surface area (TPSA) is 114 Å². The van der Waals surface area contributed by atoms with Crippen LogP contribution in [0.15, 0.2) is 48.5 Å². The Morgan fingerprint density at radius 1 is 1.03 bits per heavy atom. The monoisotopic (exact) mass is 478 g/mol. The summed E-state index contributed by atoms with van der Waals surface area (Å²) < 4.78 is 10.9. The third kappa shape index (κ3) is 4.75. The van der Waals surface area contributed by atoms with E-state index in [0.29, 0.717) is 13.0 Å². The molecule has 8 heteroatoms. The molecule has 3 aliphatic rings. The number of carbonyl (C=O) groups excluding carboxylic acids is 2. The molecule has 0 radical (unpaired) electrons. The van der Waals surface area contributed by atoms with E-state index in [4.69, 9.17) is 9.47 Å². The molecule has 2 aromatic rings. The summed E-state index contributed by atoms with van der Waals surface area (Å²) in [5.41, 5.74) is 3.82. The Kier molecular flexibility index (Phi) is 6.23. The van der Waals surface area contributed by atoms with Crippen LogP contribution in [-0.2, 0) is 19.1 Å². The first kappa shape index (κ1) is 23.4. The second kappa shape index (κ2) is 9.34. The Labute approximate surface area is 204 Å². The third-order valence-electron chi connectivity index (χ3n) is 7.42. The number of fused-ring (bicyclic) bond motifs is 3. The van der Waals surface area contributed by atoms with Gasteiger partial charge >= 0.3 is 12.1 Å². The molecule has 8 nitrogen and oxygen atoms in total. The Morgan fingerprint density at radius 3 is 2.26 bits per heavy atom. The molecule has 184 valence electrons. The van der Waals surface area contributed by atoms with Gasteiger partial charge in [-0.05, 0) is 54.4 Å². The van der Waals surface area contributed by atoms with E-state index in [0.717, 1.165) is 35.1 Å². The fraction of sp³-hybridized carbons (Fsp3) is 0.444. The van der Waals surface area contributed by atoms with Crippen LogP contribution in [0.3, 0.4) is 0 Å². The molecule has 1 aliphatic heterocycles. The average molecular weight is 479 g/mol. The van der Waals surface area contributed by atoms with Crippen LogP contribution in [0.4, 0.5) is 4.79 Å². The van der Waals surface area contributed by atoms with Crippen molar-refractivity contribution in [3.05, 3.63) is 59.7 Å². The van der Waals surface area contributed by atoms with Gasteiger partial charge in [-0.2, -0.15) is 0 Å². The van der Waals surface area contributed by atoms with Gasteiger partial charge in [-0.25, -0.2) is 9.59 Å². The number of aliphatic carboxylic acids is 1. The van der Waals surface area contributed by atoms with Crippen molar-refractivity contribution >= 4 is 18.0 Å². The van der Waals surface area contributed by atoms with Gasteiger partial charge in [0.25, 0.3) is 0 Å². The highest BCUT2D eigenvalue weighted by Gasteiger charge is 2.45. The Hall–Kier alpha value is -3.39. The van der Waals surface area contributed by atoms with Gasteiger partial charge in [-0.3, -0.25) is 4.79 Å². The second-order valence-corrected chi connectivity index (χ2v) is 9.91. The van der Waals surface area contributed by atoms with Crippen LogP contribution >= 0.6 is 0 Å². The number of carboxylic acids is 1. The van der Waals surface area contributed by atoms with Crippen molar-refractivity contribution < 1.29 is 29.0 Å². The largest absolute Gasteiger partial charge is 0.479 e. The minimum absolute atomic E-state index is 0.0426. The van der Waals surface area contributed by atoms with E-state index in [1.807, 2.05) is 31.2 Å². The van der Waals surface area contributed by atoms with Crippen molar-refractivity contribution in [2.75, 3.05) is 13.2 Å². The van der Waals surface area contributed by atoms with Gasteiger partial charge in [0, 0.05) is 18.9 Å². The maximum absolute atomic E-state index is 12.9. The van der Waals surface area contributed by atoms with Crippen LogP contribution in [0.25, 0.3) is 11.1 Å². The molecule has 2 fully saturated rings. The number of rotatable bonds is 8. The molecule has 1 heterocycles. The number of amides is 2. The molecule has 0 spiro atoms. The van der Waals surface area contributed by atoms with Crippen molar-refractivity contribution in [2.45, 2.75) is 56.2 Å². The molecule has 1 saturated heterocycles. The summed E-state index contributed by atoms with van der Waals surface area (Å²) in [6, 6.07) is 15.7. The molecule has 2 aliphatic carbocycles. The summed E-state index contributed by atoms with van der Waals surface area (Å²) in [6.45, 7) is 2.35. The summed E-state index contributed by atoms with van der Waals surface area (Å²) in [6.07, 6.45) is 0.728. The fourth-order valence-electron chi connectivity index (χ4n) is 5.45. The summed E-state index contributed by atoms with van der Waals surface area (Å²) in [5, 5.41) is 15.0. The van der Waals surface area contributed by atoms with Crippen LogP contribution < -0.4 is 10.6 Å². The number of ether oxygens (including phenoxy) is 2. The third-order valence-corrected chi connectivity index (χ3v) is 7.42. The lowest BCUT2D eigenvalue weighted by molar-refractivity contribution is -0.148. The predicted molar refractivity (Wildman–Crippen MR) is 128 cm³/mol. The second-order valence-electron chi connectivity index (χ2n) is 9.91. The Morgan fingerprint density at radius 2 is 1.66 bits per heavy atom. The summed E-state index contributed by atoms with van der Waals surface area (Å²) in [4.78, 5) is 37.0. The Balaban J connectivity index is 1.21. The van der Waals surface area contributed by atoms with Crippen LogP contribution in [0.5, 0.6) is 0 Å². The van der Waals surface area contributed by atoms with Gasteiger partial charge < -0.3 is 25.2 Å². The fourth-order valence-corrected chi connectivity index (χ4v) is 5.45. The van der Waals surface area contributed by atoms with Gasteiger partial charge in [0.15, 0.2) is 6.10 Å². The molecule has 0 aromatic heterocycles. The van der Waals surface area contributed by atoms with Crippen molar-refractivity contribution in [3.8, 4) is 11.1 Å². The van der Waals surface area contributed by atoms with Crippen molar-refractivity contribution in [2.24, 2.45) is 5.92 Å². The Bertz CT molecular complexity index is 1100. The number of hydrogen-bond donors (Lipinski definition) is 3. The smallest absolute Gasteiger partial charge is 0.407 e. The van der Waals surface area contributed by atoms with Crippen LogP contribution in [0.1, 0.15) is 49.7 Å². The molecule has 1 saturated carbocycles. The molecule has 35 heavy (non-hydrogen) atoms. The predicted octanol–water partition coefficient (Wildman–Crippen LogP) is 3.44. The van der Waals surface area contributed by atoms with Crippen LogP contribution in [0.2, 0.25) is 0 Å². The zero-order valence-corrected chi connectivity index (χ0v) is 19.7. The van der Waals surface area contributed by atoms with E-state index >= 15 is 0 Å². The molecule has 3 atom stereocenters. The number of nitrogens with one attached hydrogen (secondary N) is 2. The van der Waals surface area contributed by atoms with Crippen LogP contribution in [0, 0.1) is 5.92 Å². The molecule has 5 rings (SSSR count). The van der Waals surface area contributed by atoms with Gasteiger partial charge in [0.1, 0.15) is 6.61 Å². The molecule has 2 aromatic carbocycles. The number of alkyl carbamates (subject to hydrolysis) is 1. The van der Waals surface area contributed by atoms with Gasteiger partial charge in [-0.15, -0.1) is 0 Å². The minimum atomic E-state index is -1.09. The molecular formula is C27H30N2O6. The molecule has 2 amide bonds. The van der Waals surface area contributed by atoms with Crippen molar-refractivity contribution in [1.29, 1.82) is 0 Å². The lowest BCUT2D eigenvalue weighted by Crippen LogP contribution is -2.53. The molecule has 0 bridgehead atoms. The number of carbonyl (C=O) groups is 3. The number of carboxylic acid groups (broad SMARTS) is 1. The van der Waals surface area contributed by atoms with Gasteiger partial charge in [-0.1, -0.05) is 48.5 Å². The lowest BCUT2D eigenvalue weighted by atomic mass is 9.91. The van der Waals surface area contributed by atoms with Crippen molar-refractivity contribution in [3.63, 3.8) is 0 Å². The van der Waals surface area contributed by atoms with Crippen LogP contribution in [-0.4, -0.2) is 54.0 Å². The average Bonchev–Trinajstić information content (AvgIpc) is 3.52. The van der Waals surface area contributed by atoms with E-state index in [-0.39, 0.29) is 30.8 Å². The van der Waals surface area contributed by atoms with E-state index in [1.54, 1.807) is 0 Å². The lowest BCUT2D eigenvalue weighted by Gasteiger charge is -2.31. The molecular weight excluding hydrogens is 448 g/mol. The van der Waals surface area contributed by atoms with E-state index in [9.17, 15) is 19.5 Å². The summed E-state index contributed by atoms with van der Waals surface area (Å²) in [5.74, 6) is -1.27. The van der Waals surface area contributed by atoms with E-state index in [1.165, 1.54) is 0 Å². The summed E-state index contributed by atoms with van der Waals surface area (Å²) >= 11 is 0. The zero-order chi connectivity index (χ0) is 24.6. The molecule has 3 N–H and O–H groups in total.